The van der Waals surface area contributed by atoms with Crippen molar-refractivity contribution in [3.63, 3.8) is 0 Å². The Morgan fingerprint density at radius 1 is 1.29 bits per heavy atom. The van der Waals surface area contributed by atoms with E-state index in [0.29, 0.717) is 36.4 Å². The number of esters is 1. The maximum Gasteiger partial charge on any atom is 0.337 e. The Morgan fingerprint density at radius 2 is 1.96 bits per heavy atom. The fourth-order valence-corrected chi connectivity index (χ4v) is 7.24. The zero-order valence-corrected chi connectivity index (χ0v) is 20.3. The van der Waals surface area contributed by atoms with Gasteiger partial charge in [0, 0.05) is 6.10 Å². The second kappa shape index (κ2) is 9.17. The van der Waals surface area contributed by atoms with Crippen LogP contribution in [0.5, 0.6) is 0 Å². The van der Waals surface area contributed by atoms with Gasteiger partial charge in [-0.2, -0.15) is 0 Å². The maximum absolute atomic E-state index is 11.9. The number of fused-ring (bicyclic) bond motifs is 1. The van der Waals surface area contributed by atoms with Crippen LogP contribution in [0, 0.1) is 23.2 Å². The molecule has 0 radical (unpaired) electrons. The van der Waals surface area contributed by atoms with E-state index in [-0.39, 0.29) is 0 Å². The molecule has 28 heavy (non-hydrogen) atoms. The van der Waals surface area contributed by atoms with E-state index in [1.165, 1.54) is 32.1 Å². The molecule has 164 valence electrons. The molecule has 0 aromatic heterocycles. The normalized spacial score (nSPS) is 33.8. The van der Waals surface area contributed by atoms with Crippen LogP contribution in [-0.4, -0.2) is 37.7 Å². The molecule has 2 rings (SSSR count). The first kappa shape index (κ1) is 23.9. The van der Waals surface area contributed by atoms with Crippen LogP contribution in [0.15, 0.2) is 0 Å². The molecule has 0 aliphatic heterocycles. The fraction of sp³-hybridized carbons (Fsp3) is 0.957. The zero-order valence-electron chi connectivity index (χ0n) is 19.3. The van der Waals surface area contributed by atoms with Crippen molar-refractivity contribution in [2.75, 3.05) is 6.61 Å². The number of ether oxygens (including phenoxy) is 1. The van der Waals surface area contributed by atoms with Crippen LogP contribution in [0.2, 0.25) is 19.6 Å². The van der Waals surface area contributed by atoms with Gasteiger partial charge in [0.2, 0.25) is 0 Å². The third-order valence-electron chi connectivity index (χ3n) is 7.37. The highest BCUT2D eigenvalue weighted by Crippen LogP contribution is 2.59. The number of carbonyl (C=O) groups is 1. The Balaban J connectivity index is 1.94. The van der Waals surface area contributed by atoms with Gasteiger partial charge in [0.05, 0.1) is 6.61 Å². The lowest BCUT2D eigenvalue weighted by Crippen LogP contribution is -2.46. The van der Waals surface area contributed by atoms with Gasteiger partial charge in [0.1, 0.15) is 0 Å². The minimum absolute atomic E-state index is 0.313. The molecule has 2 fully saturated rings. The molecule has 0 aromatic carbocycles. The quantitative estimate of drug-likeness (QED) is 0.399. The average molecular weight is 413 g/mol. The van der Waals surface area contributed by atoms with Gasteiger partial charge in [0.15, 0.2) is 13.9 Å². The van der Waals surface area contributed by atoms with Crippen LogP contribution in [0.4, 0.5) is 0 Å². The van der Waals surface area contributed by atoms with Crippen molar-refractivity contribution in [3.05, 3.63) is 0 Å². The maximum atomic E-state index is 11.9. The zero-order chi connectivity index (χ0) is 21.2. The van der Waals surface area contributed by atoms with E-state index in [2.05, 4.69) is 33.5 Å². The van der Waals surface area contributed by atoms with Crippen LogP contribution < -0.4 is 0 Å². The summed E-state index contributed by atoms with van der Waals surface area (Å²) >= 11 is 0. The van der Waals surface area contributed by atoms with E-state index in [9.17, 15) is 9.90 Å². The first-order chi connectivity index (χ1) is 12.9. The minimum atomic E-state index is -1.52. The van der Waals surface area contributed by atoms with Gasteiger partial charge in [-0.1, -0.05) is 26.7 Å². The summed E-state index contributed by atoms with van der Waals surface area (Å²) in [5.74, 6) is 1.54. The van der Waals surface area contributed by atoms with Crippen molar-refractivity contribution >= 4 is 14.3 Å². The molecule has 6 atom stereocenters. The Labute approximate surface area is 173 Å². The SMILES string of the molecule is CCOC(=O)[C@](C)(O)CCC[C@@H](C)[C@H]1CCC2C(O[Si](C)(C)C)CCC[C@@]21C. The predicted octanol–water partition coefficient (Wildman–Crippen LogP) is 5.54. The molecular formula is C23H44O4Si. The van der Waals surface area contributed by atoms with E-state index in [0.717, 1.165) is 18.8 Å². The predicted molar refractivity (Wildman–Crippen MR) is 117 cm³/mol. The van der Waals surface area contributed by atoms with Gasteiger partial charge in [0.25, 0.3) is 0 Å². The molecule has 0 bridgehead atoms. The molecule has 0 aromatic rings. The second-order valence-corrected chi connectivity index (χ2v) is 15.3. The third kappa shape index (κ3) is 5.60. The minimum Gasteiger partial charge on any atom is -0.464 e. The van der Waals surface area contributed by atoms with E-state index in [1.807, 2.05) is 0 Å². The second-order valence-electron chi connectivity index (χ2n) is 10.8. The lowest BCUT2D eigenvalue weighted by Gasteiger charge is -2.48. The van der Waals surface area contributed by atoms with Gasteiger partial charge >= 0.3 is 5.97 Å². The van der Waals surface area contributed by atoms with Crippen molar-refractivity contribution in [2.45, 2.75) is 110 Å². The van der Waals surface area contributed by atoms with Gasteiger partial charge in [-0.25, -0.2) is 4.79 Å². The van der Waals surface area contributed by atoms with E-state index >= 15 is 0 Å². The summed E-state index contributed by atoms with van der Waals surface area (Å²) in [5, 5.41) is 10.4. The number of carbonyl (C=O) groups excluding carboxylic acids is 1. The topological polar surface area (TPSA) is 55.8 Å². The summed E-state index contributed by atoms with van der Waals surface area (Å²) in [4.78, 5) is 11.9. The number of rotatable bonds is 9. The molecule has 0 amide bonds. The van der Waals surface area contributed by atoms with Gasteiger partial charge < -0.3 is 14.3 Å². The largest absolute Gasteiger partial charge is 0.464 e. The van der Waals surface area contributed by atoms with Crippen molar-refractivity contribution < 1.29 is 19.1 Å². The number of aliphatic hydroxyl groups is 1. The van der Waals surface area contributed by atoms with Gasteiger partial charge in [-0.3, -0.25) is 0 Å². The summed E-state index contributed by atoms with van der Waals surface area (Å²) < 4.78 is 11.6. The van der Waals surface area contributed by atoms with E-state index < -0.39 is 19.9 Å². The molecule has 2 aliphatic rings. The van der Waals surface area contributed by atoms with Gasteiger partial charge in [-0.05, 0) is 95.2 Å². The molecule has 0 heterocycles. The van der Waals surface area contributed by atoms with Gasteiger partial charge in [-0.15, -0.1) is 0 Å². The van der Waals surface area contributed by atoms with Crippen molar-refractivity contribution in [1.29, 1.82) is 0 Å². The number of hydrogen-bond acceptors (Lipinski definition) is 4. The van der Waals surface area contributed by atoms with Crippen molar-refractivity contribution in [3.8, 4) is 0 Å². The summed E-state index contributed by atoms with van der Waals surface area (Å²) in [6.07, 6.45) is 9.26. The third-order valence-corrected chi connectivity index (χ3v) is 8.38. The van der Waals surface area contributed by atoms with Crippen LogP contribution in [-0.2, 0) is 14.0 Å². The summed E-state index contributed by atoms with van der Waals surface area (Å²) in [7, 11) is -1.52. The first-order valence-electron chi connectivity index (χ1n) is 11.5. The van der Waals surface area contributed by atoms with E-state index in [1.54, 1.807) is 13.8 Å². The Kier molecular flexibility index (Phi) is 7.83. The van der Waals surface area contributed by atoms with Crippen LogP contribution >= 0.6 is 0 Å². The molecule has 2 aliphatic carbocycles. The standard InChI is InChI=1S/C23H44O4Si/c1-8-26-21(24)23(4,25)16-9-11-17(2)18-13-14-19-20(27-28(5,6)7)12-10-15-22(18,19)3/h17-20,25H,8-16H2,1-7H3/t17-,18-,19?,20?,22-,23-/m1/s1. The smallest absolute Gasteiger partial charge is 0.337 e. The monoisotopic (exact) mass is 412 g/mol. The molecule has 0 spiro atoms. The molecule has 1 N–H and O–H groups in total. The lowest BCUT2D eigenvalue weighted by molar-refractivity contribution is -0.164. The Bertz CT molecular complexity index is 527. The summed E-state index contributed by atoms with van der Waals surface area (Å²) in [6, 6.07) is 0. The summed E-state index contributed by atoms with van der Waals surface area (Å²) in [5.41, 5.74) is -0.982. The Morgan fingerprint density at radius 3 is 2.57 bits per heavy atom. The molecular weight excluding hydrogens is 368 g/mol. The molecule has 2 saturated carbocycles. The Hall–Kier alpha value is -0.393. The number of hydrogen-bond donors (Lipinski definition) is 1. The highest BCUT2D eigenvalue weighted by atomic mass is 28.4. The van der Waals surface area contributed by atoms with Crippen molar-refractivity contribution in [2.24, 2.45) is 23.2 Å². The van der Waals surface area contributed by atoms with Crippen LogP contribution in [0.1, 0.15) is 79.1 Å². The summed E-state index contributed by atoms with van der Waals surface area (Å²) in [6.45, 7) is 15.5. The molecule has 2 unspecified atom stereocenters. The lowest BCUT2D eigenvalue weighted by atomic mass is 9.61. The van der Waals surface area contributed by atoms with E-state index in [4.69, 9.17) is 9.16 Å². The average Bonchev–Trinajstić information content (AvgIpc) is 2.91. The highest BCUT2D eigenvalue weighted by molar-refractivity contribution is 6.69. The van der Waals surface area contributed by atoms with Crippen LogP contribution in [0.25, 0.3) is 0 Å². The highest BCUT2D eigenvalue weighted by Gasteiger charge is 2.53. The van der Waals surface area contributed by atoms with Crippen LogP contribution in [0.3, 0.4) is 0 Å². The first-order valence-corrected chi connectivity index (χ1v) is 14.9. The molecule has 5 heteroatoms. The molecule has 0 saturated heterocycles. The fourth-order valence-electron chi connectivity index (χ4n) is 6.05. The van der Waals surface area contributed by atoms with Crippen molar-refractivity contribution in [1.82, 2.24) is 0 Å². The molecule has 4 nitrogen and oxygen atoms in total.